The van der Waals surface area contributed by atoms with Gasteiger partial charge in [0.2, 0.25) is 5.91 Å². The van der Waals surface area contributed by atoms with E-state index in [0.29, 0.717) is 11.7 Å². The molecule has 2 aromatic rings. The number of rotatable bonds is 6. The second-order valence-corrected chi connectivity index (χ2v) is 7.73. The van der Waals surface area contributed by atoms with Gasteiger partial charge in [-0.3, -0.25) is 14.6 Å². The van der Waals surface area contributed by atoms with Gasteiger partial charge in [0.15, 0.2) is 0 Å². The summed E-state index contributed by atoms with van der Waals surface area (Å²) in [5.41, 5.74) is 3.01. The number of amides is 1. The Hall–Kier alpha value is -1.89. The van der Waals surface area contributed by atoms with Crippen LogP contribution in [0.3, 0.4) is 0 Å². The molecule has 0 radical (unpaired) electrons. The molecule has 6 nitrogen and oxygen atoms in total. The molecule has 0 atom stereocenters. The summed E-state index contributed by atoms with van der Waals surface area (Å²) >= 11 is 6.64. The van der Waals surface area contributed by atoms with Crippen LogP contribution in [0.1, 0.15) is 25.1 Å². The Morgan fingerprint density at radius 1 is 1.15 bits per heavy atom. The van der Waals surface area contributed by atoms with E-state index in [4.69, 9.17) is 11.6 Å². The minimum absolute atomic E-state index is 0.0986. The lowest BCUT2D eigenvalue weighted by atomic mass is 10.2. The molecular weight excluding hydrogens is 362 g/mol. The van der Waals surface area contributed by atoms with Gasteiger partial charge >= 0.3 is 0 Å². The molecule has 1 aromatic heterocycles. The number of piperazine rings is 1. The van der Waals surface area contributed by atoms with Crippen molar-refractivity contribution < 1.29 is 4.79 Å². The van der Waals surface area contributed by atoms with Crippen LogP contribution in [0.2, 0.25) is 5.15 Å². The van der Waals surface area contributed by atoms with Gasteiger partial charge in [0.25, 0.3) is 0 Å². The van der Waals surface area contributed by atoms with Crippen molar-refractivity contribution in [3.05, 3.63) is 46.7 Å². The number of hydrogen-bond acceptors (Lipinski definition) is 4. The van der Waals surface area contributed by atoms with Gasteiger partial charge in [-0.25, -0.2) is 4.68 Å². The topological polar surface area (TPSA) is 53.4 Å². The van der Waals surface area contributed by atoms with Crippen LogP contribution in [-0.4, -0.2) is 64.3 Å². The molecule has 0 aliphatic carbocycles. The molecule has 1 aromatic carbocycles. The van der Waals surface area contributed by atoms with E-state index in [1.165, 1.54) is 0 Å². The summed E-state index contributed by atoms with van der Waals surface area (Å²) in [5, 5.41) is 8.25. The molecular formula is C20H28ClN5O. The molecule has 1 saturated heterocycles. The molecule has 1 aliphatic heterocycles. The van der Waals surface area contributed by atoms with Gasteiger partial charge in [-0.15, -0.1) is 0 Å². The maximum Gasteiger partial charge on any atom is 0.234 e. The van der Waals surface area contributed by atoms with E-state index in [1.54, 1.807) is 4.68 Å². The van der Waals surface area contributed by atoms with Crippen molar-refractivity contribution in [3.63, 3.8) is 0 Å². The molecule has 146 valence electrons. The molecule has 0 unspecified atom stereocenters. The SMILES string of the molecule is Cc1nn(-c2ccccc2)c(Cl)c1CN1CCN(CC(=O)NC(C)C)CC1. The van der Waals surface area contributed by atoms with Crippen LogP contribution >= 0.6 is 11.6 Å². The molecule has 2 heterocycles. The first kappa shape index (κ1) is 19.9. The molecule has 0 saturated carbocycles. The van der Waals surface area contributed by atoms with Crippen LogP contribution in [0.15, 0.2) is 30.3 Å². The lowest BCUT2D eigenvalue weighted by Gasteiger charge is -2.34. The van der Waals surface area contributed by atoms with Crippen LogP contribution < -0.4 is 5.32 Å². The van der Waals surface area contributed by atoms with Gasteiger partial charge in [0.1, 0.15) is 5.15 Å². The van der Waals surface area contributed by atoms with E-state index >= 15 is 0 Å². The second-order valence-electron chi connectivity index (χ2n) is 7.38. The maximum absolute atomic E-state index is 11.9. The zero-order valence-corrected chi connectivity index (χ0v) is 17.0. The van der Waals surface area contributed by atoms with Crippen molar-refractivity contribution in [2.75, 3.05) is 32.7 Å². The molecule has 0 spiro atoms. The summed E-state index contributed by atoms with van der Waals surface area (Å²) in [5.74, 6) is 0.0986. The minimum atomic E-state index is 0.0986. The summed E-state index contributed by atoms with van der Waals surface area (Å²) in [7, 11) is 0. The Morgan fingerprint density at radius 3 is 2.41 bits per heavy atom. The average Bonchev–Trinajstić information content (AvgIpc) is 2.91. The van der Waals surface area contributed by atoms with E-state index < -0.39 is 0 Å². The molecule has 1 aliphatic rings. The Morgan fingerprint density at radius 2 is 1.78 bits per heavy atom. The molecule has 27 heavy (non-hydrogen) atoms. The van der Waals surface area contributed by atoms with E-state index in [1.807, 2.05) is 51.1 Å². The molecule has 7 heteroatoms. The van der Waals surface area contributed by atoms with E-state index in [0.717, 1.165) is 49.7 Å². The number of hydrogen-bond donors (Lipinski definition) is 1. The third kappa shape index (κ3) is 5.09. The zero-order valence-electron chi connectivity index (χ0n) is 16.3. The van der Waals surface area contributed by atoms with Crippen molar-refractivity contribution in [1.82, 2.24) is 24.9 Å². The minimum Gasteiger partial charge on any atom is -0.353 e. The highest BCUT2D eigenvalue weighted by atomic mass is 35.5. The zero-order chi connectivity index (χ0) is 19.4. The molecule has 1 amide bonds. The highest BCUT2D eigenvalue weighted by Gasteiger charge is 2.22. The number of nitrogens with one attached hydrogen (secondary N) is 1. The molecule has 1 N–H and O–H groups in total. The fourth-order valence-corrected chi connectivity index (χ4v) is 3.68. The summed E-state index contributed by atoms with van der Waals surface area (Å²) in [4.78, 5) is 16.5. The number of para-hydroxylation sites is 1. The fourth-order valence-electron chi connectivity index (χ4n) is 3.35. The summed E-state index contributed by atoms with van der Waals surface area (Å²) in [6.07, 6.45) is 0. The lowest BCUT2D eigenvalue weighted by molar-refractivity contribution is -0.123. The largest absolute Gasteiger partial charge is 0.353 e. The monoisotopic (exact) mass is 389 g/mol. The van der Waals surface area contributed by atoms with Gasteiger partial charge in [-0.1, -0.05) is 29.8 Å². The van der Waals surface area contributed by atoms with Crippen LogP contribution in [0, 0.1) is 6.92 Å². The van der Waals surface area contributed by atoms with Crippen LogP contribution in [0.5, 0.6) is 0 Å². The summed E-state index contributed by atoms with van der Waals surface area (Å²) in [6, 6.07) is 10.1. The average molecular weight is 390 g/mol. The molecule has 0 bridgehead atoms. The number of halogens is 1. The van der Waals surface area contributed by atoms with Crippen LogP contribution in [0.25, 0.3) is 5.69 Å². The van der Waals surface area contributed by atoms with Crippen molar-refractivity contribution >= 4 is 17.5 Å². The Bertz CT molecular complexity index is 766. The van der Waals surface area contributed by atoms with Crippen molar-refractivity contribution in [2.45, 2.75) is 33.4 Å². The predicted octanol–water partition coefficient (Wildman–Crippen LogP) is 2.48. The Balaban J connectivity index is 1.58. The highest BCUT2D eigenvalue weighted by Crippen LogP contribution is 2.25. The van der Waals surface area contributed by atoms with E-state index in [9.17, 15) is 4.79 Å². The Labute approximate surface area is 166 Å². The van der Waals surface area contributed by atoms with E-state index in [2.05, 4.69) is 20.2 Å². The van der Waals surface area contributed by atoms with Crippen molar-refractivity contribution in [2.24, 2.45) is 0 Å². The van der Waals surface area contributed by atoms with Crippen molar-refractivity contribution in [3.8, 4) is 5.69 Å². The van der Waals surface area contributed by atoms with Crippen LogP contribution in [-0.2, 0) is 11.3 Å². The predicted molar refractivity (Wildman–Crippen MR) is 108 cm³/mol. The summed E-state index contributed by atoms with van der Waals surface area (Å²) < 4.78 is 1.80. The first-order valence-electron chi connectivity index (χ1n) is 9.47. The fraction of sp³-hybridized carbons (Fsp3) is 0.500. The van der Waals surface area contributed by atoms with Gasteiger partial charge in [-0.05, 0) is 32.9 Å². The lowest BCUT2D eigenvalue weighted by Crippen LogP contribution is -2.49. The quantitative estimate of drug-likeness (QED) is 0.824. The number of aryl methyl sites for hydroxylation is 1. The number of nitrogens with zero attached hydrogens (tertiary/aromatic N) is 4. The van der Waals surface area contributed by atoms with Gasteiger partial charge in [0.05, 0.1) is 17.9 Å². The highest BCUT2D eigenvalue weighted by molar-refractivity contribution is 6.30. The second kappa shape index (κ2) is 8.87. The normalized spacial score (nSPS) is 16.0. The molecule has 3 rings (SSSR count). The third-order valence-electron chi connectivity index (χ3n) is 4.79. The maximum atomic E-state index is 11.9. The first-order valence-corrected chi connectivity index (χ1v) is 9.85. The van der Waals surface area contributed by atoms with Gasteiger partial charge in [0, 0.05) is 44.3 Å². The third-order valence-corrected chi connectivity index (χ3v) is 5.17. The number of carbonyl (C=O) groups excluding carboxylic acids is 1. The van der Waals surface area contributed by atoms with Gasteiger partial charge < -0.3 is 5.32 Å². The Kier molecular flexibility index (Phi) is 6.52. The number of aromatic nitrogens is 2. The summed E-state index contributed by atoms with van der Waals surface area (Å²) in [6.45, 7) is 10.8. The van der Waals surface area contributed by atoms with Crippen LogP contribution in [0.4, 0.5) is 0 Å². The molecule has 1 fully saturated rings. The smallest absolute Gasteiger partial charge is 0.234 e. The van der Waals surface area contributed by atoms with Gasteiger partial charge in [-0.2, -0.15) is 5.10 Å². The standard InChI is InChI=1S/C20H28ClN5O/c1-15(2)22-19(27)14-25-11-9-24(10-12-25)13-18-16(3)23-26(20(18)21)17-7-5-4-6-8-17/h4-8,15H,9-14H2,1-3H3,(H,22,27). The number of benzene rings is 1. The van der Waals surface area contributed by atoms with Crippen molar-refractivity contribution in [1.29, 1.82) is 0 Å². The first-order chi connectivity index (χ1) is 12.9. The van der Waals surface area contributed by atoms with E-state index in [-0.39, 0.29) is 11.9 Å². The number of carbonyl (C=O) groups is 1.